The fourth-order valence-corrected chi connectivity index (χ4v) is 8.46. The van der Waals surface area contributed by atoms with E-state index in [0.29, 0.717) is 11.8 Å². The van der Waals surface area contributed by atoms with Crippen LogP contribution in [-0.2, 0) is 0 Å². The molecule has 12 rings (SSSR count). The van der Waals surface area contributed by atoms with Gasteiger partial charge < -0.3 is 8.83 Å². The molecule has 0 aliphatic heterocycles. The summed E-state index contributed by atoms with van der Waals surface area (Å²) in [7, 11) is 0. The lowest BCUT2D eigenvalue weighted by atomic mass is 9.93. The monoisotopic (exact) mass is 820 g/mol. The van der Waals surface area contributed by atoms with Crippen molar-refractivity contribution < 1.29 is 8.83 Å². The van der Waals surface area contributed by atoms with Crippen LogP contribution in [-0.4, -0.2) is 19.9 Å². The van der Waals surface area contributed by atoms with Crippen LogP contribution in [0.2, 0.25) is 0 Å². The molecule has 0 aliphatic carbocycles. The molecule has 300 valence electrons. The molecule has 0 aliphatic rings. The summed E-state index contributed by atoms with van der Waals surface area (Å²) in [5, 5.41) is 0. The molecule has 0 radical (unpaired) electrons. The van der Waals surface area contributed by atoms with Crippen molar-refractivity contribution in [3.63, 3.8) is 0 Å². The Kier molecular flexibility index (Phi) is 9.05. The zero-order valence-electron chi connectivity index (χ0n) is 34.4. The Morgan fingerprint density at radius 1 is 0.234 bits per heavy atom. The van der Waals surface area contributed by atoms with Gasteiger partial charge in [0.1, 0.15) is 11.0 Å². The SMILES string of the molecule is c1ccc(-c2cc3nc(-c4ccc(-c5ccc(-c6nc7ccccc7o6)cc5)cc4)c(-c4ccc(-c5ccc(-c6nc7ccccc7o6)cc5)cc4)nc3cc2-c2ccccc2)cc1. The molecule has 0 saturated heterocycles. The van der Waals surface area contributed by atoms with E-state index in [2.05, 4.69) is 168 Å². The lowest BCUT2D eigenvalue weighted by Gasteiger charge is -2.15. The third-order valence-corrected chi connectivity index (χ3v) is 11.8. The number of fused-ring (bicyclic) bond motifs is 3. The first kappa shape index (κ1) is 37.1. The predicted molar refractivity (Wildman–Crippen MR) is 258 cm³/mol. The molecule has 0 amide bonds. The highest BCUT2D eigenvalue weighted by molar-refractivity contribution is 5.96. The smallest absolute Gasteiger partial charge is 0.227 e. The van der Waals surface area contributed by atoms with E-state index in [-0.39, 0.29) is 0 Å². The van der Waals surface area contributed by atoms with Crippen molar-refractivity contribution in [2.45, 2.75) is 0 Å². The molecule has 6 heteroatoms. The number of hydrogen-bond donors (Lipinski definition) is 0. The topological polar surface area (TPSA) is 77.8 Å². The van der Waals surface area contributed by atoms with Crippen LogP contribution in [0, 0.1) is 0 Å². The van der Waals surface area contributed by atoms with Gasteiger partial charge in [0.15, 0.2) is 11.2 Å². The number of para-hydroxylation sites is 4. The molecule has 6 nitrogen and oxygen atoms in total. The molecule has 0 spiro atoms. The van der Waals surface area contributed by atoms with Gasteiger partial charge in [0.05, 0.1) is 22.4 Å². The molecule has 0 saturated carbocycles. The Morgan fingerprint density at radius 2 is 0.547 bits per heavy atom. The van der Waals surface area contributed by atoms with Gasteiger partial charge in [0.25, 0.3) is 0 Å². The highest BCUT2D eigenvalue weighted by Gasteiger charge is 2.18. The van der Waals surface area contributed by atoms with Gasteiger partial charge in [0, 0.05) is 22.3 Å². The van der Waals surface area contributed by atoms with Gasteiger partial charge >= 0.3 is 0 Å². The Morgan fingerprint density at radius 3 is 0.906 bits per heavy atom. The molecular formula is C58H36N4O2. The number of hydrogen-bond acceptors (Lipinski definition) is 6. The van der Waals surface area contributed by atoms with Crippen molar-refractivity contribution in [1.82, 2.24) is 19.9 Å². The number of rotatable bonds is 8. The third-order valence-electron chi connectivity index (χ3n) is 11.8. The second-order valence-electron chi connectivity index (χ2n) is 15.8. The molecule has 0 N–H and O–H groups in total. The minimum atomic E-state index is 0.610. The van der Waals surface area contributed by atoms with E-state index in [0.717, 1.165) is 111 Å². The van der Waals surface area contributed by atoms with Crippen molar-refractivity contribution >= 4 is 33.2 Å². The van der Waals surface area contributed by atoms with E-state index >= 15 is 0 Å². The largest absolute Gasteiger partial charge is 0.436 e. The maximum atomic E-state index is 6.03. The van der Waals surface area contributed by atoms with Crippen LogP contribution in [0.15, 0.2) is 227 Å². The number of oxazole rings is 2. The van der Waals surface area contributed by atoms with Gasteiger partial charge in [-0.2, -0.15) is 0 Å². The molecular weight excluding hydrogens is 785 g/mol. The Labute approximate surface area is 368 Å². The number of nitrogens with zero attached hydrogens (tertiary/aromatic N) is 4. The Bertz CT molecular complexity index is 3310. The van der Waals surface area contributed by atoms with E-state index in [1.165, 1.54) is 0 Å². The summed E-state index contributed by atoms with van der Waals surface area (Å²) in [6, 6.07) is 74.9. The summed E-state index contributed by atoms with van der Waals surface area (Å²) in [6.45, 7) is 0. The fourth-order valence-electron chi connectivity index (χ4n) is 8.46. The summed E-state index contributed by atoms with van der Waals surface area (Å²) < 4.78 is 12.1. The van der Waals surface area contributed by atoms with Crippen LogP contribution in [0.1, 0.15) is 0 Å². The van der Waals surface area contributed by atoms with Gasteiger partial charge in [-0.25, -0.2) is 19.9 Å². The van der Waals surface area contributed by atoms with Crippen LogP contribution in [0.25, 0.3) is 123 Å². The molecule has 12 aromatic rings. The molecule has 3 heterocycles. The average molecular weight is 821 g/mol. The molecule has 0 atom stereocenters. The number of benzene rings is 9. The van der Waals surface area contributed by atoms with Crippen molar-refractivity contribution in [3.05, 3.63) is 218 Å². The van der Waals surface area contributed by atoms with Crippen LogP contribution in [0.3, 0.4) is 0 Å². The van der Waals surface area contributed by atoms with Gasteiger partial charge in [-0.3, -0.25) is 0 Å². The van der Waals surface area contributed by atoms with Gasteiger partial charge in [-0.1, -0.05) is 158 Å². The lowest BCUT2D eigenvalue weighted by molar-refractivity contribution is 0.619. The predicted octanol–water partition coefficient (Wildman–Crippen LogP) is 15.2. The molecule has 0 bridgehead atoms. The first-order valence-electron chi connectivity index (χ1n) is 21.3. The average Bonchev–Trinajstić information content (AvgIpc) is 4.02. The zero-order chi connectivity index (χ0) is 42.4. The molecule has 0 fully saturated rings. The highest BCUT2D eigenvalue weighted by atomic mass is 16.4. The first-order chi connectivity index (χ1) is 31.7. The van der Waals surface area contributed by atoms with Crippen molar-refractivity contribution in [2.75, 3.05) is 0 Å². The number of aromatic nitrogens is 4. The van der Waals surface area contributed by atoms with Crippen LogP contribution < -0.4 is 0 Å². The van der Waals surface area contributed by atoms with Crippen LogP contribution >= 0.6 is 0 Å². The van der Waals surface area contributed by atoms with Crippen molar-refractivity contribution in [1.29, 1.82) is 0 Å². The minimum absolute atomic E-state index is 0.610. The van der Waals surface area contributed by atoms with Crippen LogP contribution in [0.4, 0.5) is 0 Å². The van der Waals surface area contributed by atoms with Gasteiger partial charge in [-0.15, -0.1) is 0 Å². The first-order valence-corrected chi connectivity index (χ1v) is 21.3. The normalized spacial score (nSPS) is 11.4. The summed E-state index contributed by atoms with van der Waals surface area (Å²) in [4.78, 5) is 20.3. The van der Waals surface area contributed by atoms with E-state index in [4.69, 9.17) is 18.8 Å². The Balaban J connectivity index is 0.927. The zero-order valence-corrected chi connectivity index (χ0v) is 34.4. The van der Waals surface area contributed by atoms with Crippen LogP contribution in [0.5, 0.6) is 0 Å². The van der Waals surface area contributed by atoms with E-state index in [1.807, 2.05) is 60.7 Å². The highest BCUT2D eigenvalue weighted by Crippen LogP contribution is 2.39. The summed E-state index contributed by atoms with van der Waals surface area (Å²) in [6.07, 6.45) is 0. The third kappa shape index (κ3) is 6.89. The molecule has 3 aromatic heterocycles. The summed E-state index contributed by atoms with van der Waals surface area (Å²) >= 11 is 0. The lowest BCUT2D eigenvalue weighted by Crippen LogP contribution is -1.97. The van der Waals surface area contributed by atoms with Crippen molar-refractivity contribution in [2.24, 2.45) is 0 Å². The van der Waals surface area contributed by atoms with Gasteiger partial charge in [0.2, 0.25) is 11.8 Å². The van der Waals surface area contributed by atoms with E-state index in [9.17, 15) is 0 Å². The summed E-state index contributed by atoms with van der Waals surface area (Å²) in [5.74, 6) is 1.22. The second-order valence-corrected chi connectivity index (χ2v) is 15.8. The molecule has 0 unspecified atom stereocenters. The maximum Gasteiger partial charge on any atom is 0.227 e. The quantitative estimate of drug-likeness (QED) is 0.152. The Hall–Kier alpha value is -8.74. The summed E-state index contributed by atoms with van der Waals surface area (Å²) in [5.41, 5.74) is 19.2. The fraction of sp³-hybridized carbons (Fsp3) is 0. The van der Waals surface area contributed by atoms with E-state index < -0.39 is 0 Å². The maximum absolute atomic E-state index is 6.03. The minimum Gasteiger partial charge on any atom is -0.436 e. The van der Waals surface area contributed by atoms with Gasteiger partial charge in [-0.05, 0) is 105 Å². The second kappa shape index (κ2) is 15.6. The standard InChI is InChI=1S/C58H36N4O2/c1-3-11-41(12-4-1)47-35-51-52(36-48(47)42-13-5-2-6-14-42)60-56(44-29-21-38(22-30-44)40-25-33-46(34-26-40)58-62-50-16-8-10-18-54(50)64-58)55(59-51)43-27-19-37(20-28-43)39-23-31-45(32-24-39)57-61-49-15-7-9-17-53(49)63-57/h1-36H. The van der Waals surface area contributed by atoms with E-state index in [1.54, 1.807) is 0 Å². The molecule has 64 heavy (non-hydrogen) atoms. The van der Waals surface area contributed by atoms with Crippen molar-refractivity contribution in [3.8, 4) is 89.9 Å². The molecule has 9 aromatic carbocycles.